The van der Waals surface area contributed by atoms with Gasteiger partial charge in [-0.1, -0.05) is 18.2 Å². The van der Waals surface area contributed by atoms with Crippen LogP contribution < -0.4 is 0 Å². The van der Waals surface area contributed by atoms with E-state index in [1.165, 1.54) is 0 Å². The Morgan fingerprint density at radius 3 is 2.94 bits per heavy atom. The first-order valence-corrected chi connectivity index (χ1v) is 5.01. The Labute approximate surface area is 94.6 Å². The van der Waals surface area contributed by atoms with Crippen molar-refractivity contribution in [1.29, 1.82) is 5.26 Å². The van der Waals surface area contributed by atoms with Gasteiger partial charge in [-0.2, -0.15) is 5.26 Å². The third kappa shape index (κ3) is 3.25. The van der Waals surface area contributed by atoms with Crippen LogP contribution in [-0.2, 0) is 11.2 Å². The van der Waals surface area contributed by atoms with Gasteiger partial charge in [-0.15, -0.1) is 0 Å². The number of aryl methyl sites for hydroxylation is 1. The molecule has 0 aliphatic heterocycles. The number of hydrogen-bond donors (Lipinski definition) is 1. The van der Waals surface area contributed by atoms with Gasteiger partial charge in [-0.05, 0) is 36.1 Å². The lowest BCUT2D eigenvalue weighted by molar-refractivity contribution is -0.131. The Bertz CT molecular complexity index is 455. The molecule has 0 atom stereocenters. The second kappa shape index (κ2) is 5.72. The Morgan fingerprint density at radius 2 is 2.31 bits per heavy atom. The predicted octanol–water partition coefficient (Wildman–Crippen LogP) is 2.55. The second-order valence-corrected chi connectivity index (χ2v) is 3.46. The summed E-state index contributed by atoms with van der Waals surface area (Å²) in [5.74, 6) is -0.957. The fourth-order valence-corrected chi connectivity index (χ4v) is 1.51. The molecule has 0 spiro atoms. The van der Waals surface area contributed by atoms with Crippen molar-refractivity contribution in [3.63, 3.8) is 0 Å². The quantitative estimate of drug-likeness (QED) is 0.785. The van der Waals surface area contributed by atoms with E-state index in [1.807, 2.05) is 25.1 Å². The average Bonchev–Trinajstić information content (AvgIpc) is 2.26. The molecular formula is C13H13NO2. The summed E-state index contributed by atoms with van der Waals surface area (Å²) in [6, 6.07) is 7.81. The molecule has 1 N–H and O–H groups in total. The highest BCUT2D eigenvalue weighted by Gasteiger charge is 2.01. The first-order chi connectivity index (χ1) is 7.65. The molecule has 1 aromatic rings. The third-order valence-corrected chi connectivity index (χ3v) is 2.40. The number of nitriles is 1. The molecule has 1 rings (SSSR count). The standard InChI is InChI=1S/C13H13NO2/c1-10-11(6-3-9-14)4-2-5-12(10)7-8-13(15)16/h2,4-5,7-8H,3,6H2,1H3,(H,15,16)/b8-7+. The minimum Gasteiger partial charge on any atom is -0.478 e. The van der Waals surface area contributed by atoms with Crippen molar-refractivity contribution in [2.45, 2.75) is 19.8 Å². The summed E-state index contributed by atoms with van der Waals surface area (Å²) >= 11 is 0. The Hall–Kier alpha value is -2.08. The molecule has 0 radical (unpaired) electrons. The van der Waals surface area contributed by atoms with E-state index >= 15 is 0 Å². The molecule has 0 saturated heterocycles. The van der Waals surface area contributed by atoms with Crippen LogP contribution >= 0.6 is 0 Å². The highest BCUT2D eigenvalue weighted by Crippen LogP contribution is 2.16. The average molecular weight is 215 g/mol. The van der Waals surface area contributed by atoms with E-state index in [4.69, 9.17) is 10.4 Å². The Balaban J connectivity index is 2.95. The van der Waals surface area contributed by atoms with Gasteiger partial charge in [0.15, 0.2) is 0 Å². The van der Waals surface area contributed by atoms with Crippen molar-refractivity contribution in [3.8, 4) is 6.07 Å². The number of rotatable bonds is 4. The van der Waals surface area contributed by atoms with Crippen LogP contribution in [0.4, 0.5) is 0 Å². The maximum Gasteiger partial charge on any atom is 0.328 e. The van der Waals surface area contributed by atoms with Gasteiger partial charge in [0.25, 0.3) is 0 Å². The lowest BCUT2D eigenvalue weighted by Crippen LogP contribution is -1.92. The van der Waals surface area contributed by atoms with Crippen LogP contribution in [-0.4, -0.2) is 11.1 Å². The van der Waals surface area contributed by atoms with Crippen molar-refractivity contribution >= 4 is 12.0 Å². The van der Waals surface area contributed by atoms with Crippen molar-refractivity contribution in [1.82, 2.24) is 0 Å². The van der Waals surface area contributed by atoms with E-state index in [-0.39, 0.29) is 0 Å². The normalized spacial score (nSPS) is 10.2. The van der Waals surface area contributed by atoms with Gasteiger partial charge < -0.3 is 5.11 Å². The molecule has 0 aliphatic rings. The number of benzene rings is 1. The van der Waals surface area contributed by atoms with Gasteiger partial charge >= 0.3 is 5.97 Å². The first-order valence-electron chi connectivity index (χ1n) is 5.01. The minimum atomic E-state index is -0.957. The van der Waals surface area contributed by atoms with E-state index in [1.54, 1.807) is 6.08 Å². The number of aliphatic carboxylic acids is 1. The number of carboxylic acid groups (broad SMARTS) is 1. The zero-order valence-electron chi connectivity index (χ0n) is 9.10. The van der Waals surface area contributed by atoms with Crippen LogP contribution in [0.3, 0.4) is 0 Å². The van der Waals surface area contributed by atoms with Gasteiger partial charge in [0.05, 0.1) is 6.07 Å². The van der Waals surface area contributed by atoms with E-state index in [0.29, 0.717) is 12.8 Å². The van der Waals surface area contributed by atoms with E-state index < -0.39 is 5.97 Å². The molecule has 82 valence electrons. The van der Waals surface area contributed by atoms with Crippen molar-refractivity contribution in [2.75, 3.05) is 0 Å². The highest BCUT2D eigenvalue weighted by atomic mass is 16.4. The summed E-state index contributed by atoms with van der Waals surface area (Å²) in [6.07, 6.45) is 3.88. The van der Waals surface area contributed by atoms with Crippen molar-refractivity contribution in [2.24, 2.45) is 0 Å². The van der Waals surface area contributed by atoms with Crippen LogP contribution in [0, 0.1) is 18.3 Å². The predicted molar refractivity (Wildman–Crippen MR) is 61.8 cm³/mol. The van der Waals surface area contributed by atoms with E-state index in [2.05, 4.69) is 6.07 Å². The molecular weight excluding hydrogens is 202 g/mol. The largest absolute Gasteiger partial charge is 0.478 e. The fourth-order valence-electron chi connectivity index (χ4n) is 1.51. The van der Waals surface area contributed by atoms with Gasteiger partial charge in [-0.3, -0.25) is 0 Å². The molecule has 3 nitrogen and oxygen atoms in total. The maximum absolute atomic E-state index is 10.4. The van der Waals surface area contributed by atoms with Crippen molar-refractivity contribution < 1.29 is 9.90 Å². The first kappa shape index (κ1) is 12.0. The van der Waals surface area contributed by atoms with Crippen molar-refractivity contribution in [3.05, 3.63) is 41.0 Å². The van der Waals surface area contributed by atoms with Crippen LogP contribution in [0.15, 0.2) is 24.3 Å². The molecule has 1 aromatic carbocycles. The summed E-state index contributed by atoms with van der Waals surface area (Å²) in [5.41, 5.74) is 3.02. The van der Waals surface area contributed by atoms with Gasteiger partial charge in [0.1, 0.15) is 0 Å². The molecule has 0 fully saturated rings. The van der Waals surface area contributed by atoms with Crippen LogP contribution in [0.25, 0.3) is 6.08 Å². The maximum atomic E-state index is 10.4. The Morgan fingerprint density at radius 1 is 1.56 bits per heavy atom. The monoisotopic (exact) mass is 215 g/mol. The number of hydrogen-bond acceptors (Lipinski definition) is 2. The fraction of sp³-hybridized carbons (Fsp3) is 0.231. The lowest BCUT2D eigenvalue weighted by atomic mass is 9.99. The zero-order valence-corrected chi connectivity index (χ0v) is 9.10. The summed E-state index contributed by atoms with van der Waals surface area (Å²) in [6.45, 7) is 1.94. The second-order valence-electron chi connectivity index (χ2n) is 3.46. The van der Waals surface area contributed by atoms with Crippen LogP contribution in [0.1, 0.15) is 23.1 Å². The van der Waals surface area contributed by atoms with Gasteiger partial charge in [-0.25, -0.2) is 4.79 Å². The topological polar surface area (TPSA) is 61.1 Å². The minimum absolute atomic E-state index is 0.479. The molecule has 0 saturated carbocycles. The summed E-state index contributed by atoms with van der Waals surface area (Å²) in [7, 11) is 0. The summed E-state index contributed by atoms with van der Waals surface area (Å²) in [5, 5.41) is 17.1. The number of carbonyl (C=O) groups is 1. The van der Waals surface area contributed by atoms with E-state index in [0.717, 1.165) is 22.8 Å². The number of carboxylic acids is 1. The Kier molecular flexibility index (Phi) is 4.28. The highest BCUT2D eigenvalue weighted by molar-refractivity contribution is 5.85. The molecule has 0 bridgehead atoms. The molecule has 0 aromatic heterocycles. The molecule has 3 heteroatoms. The molecule has 0 amide bonds. The van der Waals surface area contributed by atoms with Crippen LogP contribution in [0.5, 0.6) is 0 Å². The molecule has 16 heavy (non-hydrogen) atoms. The molecule has 0 heterocycles. The summed E-state index contributed by atoms with van der Waals surface area (Å²) < 4.78 is 0. The summed E-state index contributed by atoms with van der Waals surface area (Å²) in [4.78, 5) is 10.4. The smallest absolute Gasteiger partial charge is 0.328 e. The number of nitrogens with zero attached hydrogens (tertiary/aromatic N) is 1. The van der Waals surface area contributed by atoms with Crippen LogP contribution in [0.2, 0.25) is 0 Å². The molecule has 0 unspecified atom stereocenters. The molecule has 0 aliphatic carbocycles. The van der Waals surface area contributed by atoms with E-state index in [9.17, 15) is 4.79 Å². The van der Waals surface area contributed by atoms with Gasteiger partial charge in [0.2, 0.25) is 0 Å². The SMILES string of the molecule is Cc1c(/C=C/C(=O)O)cccc1CCC#N. The van der Waals surface area contributed by atoms with Gasteiger partial charge in [0, 0.05) is 12.5 Å². The third-order valence-electron chi connectivity index (χ3n) is 2.40. The zero-order chi connectivity index (χ0) is 12.0. The lowest BCUT2D eigenvalue weighted by Gasteiger charge is -2.06.